The zero-order valence-electron chi connectivity index (χ0n) is 9.36. The van der Waals surface area contributed by atoms with Crippen LogP contribution in [-0.2, 0) is 13.0 Å². The van der Waals surface area contributed by atoms with Gasteiger partial charge in [0.25, 0.3) is 0 Å². The molecule has 0 saturated carbocycles. The molecule has 1 heterocycles. The van der Waals surface area contributed by atoms with Gasteiger partial charge in [0, 0.05) is 18.5 Å². The predicted octanol–water partition coefficient (Wildman–Crippen LogP) is 3.57. The van der Waals surface area contributed by atoms with Crippen LogP contribution >= 0.6 is 11.8 Å². The van der Waals surface area contributed by atoms with E-state index in [0.29, 0.717) is 0 Å². The highest BCUT2D eigenvalue weighted by molar-refractivity contribution is 7.98. The first kappa shape index (κ1) is 10.6. The lowest BCUT2D eigenvalue weighted by molar-refractivity contribution is 0.803. The van der Waals surface area contributed by atoms with Crippen molar-refractivity contribution in [1.82, 2.24) is 4.57 Å². The van der Waals surface area contributed by atoms with Crippen molar-refractivity contribution in [3.8, 4) is 0 Å². The molecule has 0 bridgehead atoms. The molecule has 0 atom stereocenters. The number of nitrogens with zero attached hydrogens (tertiary/aromatic N) is 1. The molecule has 1 aromatic carbocycles. The van der Waals surface area contributed by atoms with Crippen LogP contribution in [0.4, 0.5) is 0 Å². The second-order valence-corrected chi connectivity index (χ2v) is 4.70. The molecule has 0 aliphatic carbocycles. The van der Waals surface area contributed by atoms with Gasteiger partial charge >= 0.3 is 0 Å². The van der Waals surface area contributed by atoms with Crippen LogP contribution in [0, 0.1) is 0 Å². The summed E-state index contributed by atoms with van der Waals surface area (Å²) in [6.45, 7) is 3.34. The van der Waals surface area contributed by atoms with Crippen molar-refractivity contribution in [3.05, 3.63) is 36.0 Å². The van der Waals surface area contributed by atoms with Crippen LogP contribution in [0.3, 0.4) is 0 Å². The average Bonchev–Trinajstić information content (AvgIpc) is 2.69. The van der Waals surface area contributed by atoms with Gasteiger partial charge in [0.1, 0.15) is 0 Å². The van der Waals surface area contributed by atoms with Gasteiger partial charge in [-0.25, -0.2) is 0 Å². The van der Waals surface area contributed by atoms with Crippen LogP contribution in [0.25, 0.3) is 10.9 Å². The Bertz CT molecular complexity index is 445. The van der Waals surface area contributed by atoms with Crippen LogP contribution < -0.4 is 0 Å². The van der Waals surface area contributed by atoms with Crippen LogP contribution in [0.2, 0.25) is 0 Å². The van der Waals surface area contributed by atoms with Gasteiger partial charge in [-0.1, -0.05) is 25.1 Å². The predicted molar refractivity (Wildman–Crippen MR) is 69.7 cm³/mol. The average molecular weight is 219 g/mol. The minimum absolute atomic E-state index is 1.11. The number of aromatic nitrogens is 1. The summed E-state index contributed by atoms with van der Waals surface area (Å²) in [5.41, 5.74) is 2.88. The second-order valence-electron chi connectivity index (χ2n) is 3.71. The highest BCUT2D eigenvalue weighted by Crippen LogP contribution is 2.21. The highest BCUT2D eigenvalue weighted by atomic mass is 32.2. The molecular formula is C13H17NS. The Morgan fingerprint density at radius 3 is 2.87 bits per heavy atom. The third-order valence-electron chi connectivity index (χ3n) is 2.79. The lowest BCUT2D eigenvalue weighted by Gasteiger charge is -2.07. The van der Waals surface area contributed by atoms with Crippen LogP contribution in [0.1, 0.15) is 12.5 Å². The van der Waals surface area contributed by atoms with Gasteiger partial charge in [0.05, 0.1) is 5.52 Å². The van der Waals surface area contributed by atoms with E-state index in [0.717, 1.165) is 13.0 Å². The van der Waals surface area contributed by atoms with E-state index in [-0.39, 0.29) is 0 Å². The smallest absolute Gasteiger partial charge is 0.0512 e. The number of hydrogen-bond acceptors (Lipinski definition) is 1. The molecule has 2 rings (SSSR count). The SMILES string of the molecule is CCc1cccc2ccn(CCSC)c12. The number of aryl methyl sites for hydroxylation is 2. The van der Waals surface area contributed by atoms with Crippen molar-refractivity contribution < 1.29 is 0 Å². The molecule has 2 aromatic rings. The lowest BCUT2D eigenvalue weighted by Crippen LogP contribution is -2.00. The molecule has 0 unspecified atom stereocenters. The monoisotopic (exact) mass is 219 g/mol. The van der Waals surface area contributed by atoms with E-state index >= 15 is 0 Å². The standard InChI is InChI=1S/C13H17NS/c1-3-11-5-4-6-12-7-8-14(13(11)12)9-10-15-2/h4-8H,3,9-10H2,1-2H3. The molecule has 0 N–H and O–H groups in total. The summed E-state index contributed by atoms with van der Waals surface area (Å²) in [7, 11) is 0. The quantitative estimate of drug-likeness (QED) is 0.761. The van der Waals surface area contributed by atoms with E-state index in [1.165, 1.54) is 22.2 Å². The molecule has 15 heavy (non-hydrogen) atoms. The Labute approximate surface area is 95.5 Å². The molecule has 0 aliphatic rings. The molecule has 1 nitrogen and oxygen atoms in total. The summed E-state index contributed by atoms with van der Waals surface area (Å²) < 4.78 is 2.38. The van der Waals surface area contributed by atoms with Crippen molar-refractivity contribution in [2.75, 3.05) is 12.0 Å². The summed E-state index contributed by atoms with van der Waals surface area (Å²) in [5, 5.41) is 1.37. The summed E-state index contributed by atoms with van der Waals surface area (Å²) in [5.74, 6) is 1.18. The largest absolute Gasteiger partial charge is 0.346 e. The minimum Gasteiger partial charge on any atom is -0.346 e. The molecule has 0 amide bonds. The maximum atomic E-state index is 2.38. The Morgan fingerprint density at radius 2 is 2.13 bits per heavy atom. The Balaban J connectivity index is 2.46. The van der Waals surface area contributed by atoms with Crippen LogP contribution in [0.15, 0.2) is 30.5 Å². The normalized spacial score (nSPS) is 11.1. The van der Waals surface area contributed by atoms with Crippen molar-refractivity contribution in [3.63, 3.8) is 0 Å². The van der Waals surface area contributed by atoms with Crippen molar-refractivity contribution in [2.24, 2.45) is 0 Å². The zero-order valence-corrected chi connectivity index (χ0v) is 10.2. The van der Waals surface area contributed by atoms with Crippen LogP contribution in [-0.4, -0.2) is 16.6 Å². The van der Waals surface area contributed by atoms with E-state index in [9.17, 15) is 0 Å². The van der Waals surface area contributed by atoms with Gasteiger partial charge in [0.2, 0.25) is 0 Å². The maximum absolute atomic E-state index is 2.38. The molecule has 1 aromatic heterocycles. The third kappa shape index (κ3) is 2.05. The van der Waals surface area contributed by atoms with E-state index in [1.54, 1.807) is 0 Å². The molecule has 0 saturated heterocycles. The molecule has 0 spiro atoms. The van der Waals surface area contributed by atoms with E-state index < -0.39 is 0 Å². The molecular weight excluding hydrogens is 202 g/mol. The number of hydrogen-bond donors (Lipinski definition) is 0. The van der Waals surface area contributed by atoms with Gasteiger partial charge < -0.3 is 4.57 Å². The molecule has 2 heteroatoms. The summed E-state index contributed by atoms with van der Waals surface area (Å²) >= 11 is 1.90. The first-order valence-corrected chi connectivity index (χ1v) is 6.82. The van der Waals surface area contributed by atoms with E-state index in [2.05, 4.69) is 48.2 Å². The van der Waals surface area contributed by atoms with Gasteiger partial charge in [-0.15, -0.1) is 0 Å². The van der Waals surface area contributed by atoms with Crippen molar-refractivity contribution in [1.29, 1.82) is 0 Å². The Hall–Kier alpha value is -0.890. The molecule has 0 aliphatic heterocycles. The third-order valence-corrected chi connectivity index (χ3v) is 3.38. The van der Waals surface area contributed by atoms with Gasteiger partial charge in [-0.05, 0) is 29.7 Å². The van der Waals surface area contributed by atoms with Gasteiger partial charge in [-0.3, -0.25) is 0 Å². The minimum atomic E-state index is 1.11. The summed E-state index contributed by atoms with van der Waals surface area (Å²) in [4.78, 5) is 0. The maximum Gasteiger partial charge on any atom is 0.0512 e. The first-order chi connectivity index (χ1) is 7.36. The Morgan fingerprint density at radius 1 is 1.27 bits per heavy atom. The summed E-state index contributed by atoms with van der Waals surface area (Å²) in [6, 6.07) is 8.80. The summed E-state index contributed by atoms with van der Waals surface area (Å²) in [6.07, 6.45) is 5.48. The first-order valence-electron chi connectivity index (χ1n) is 5.42. The fourth-order valence-corrected chi connectivity index (χ4v) is 2.38. The number of para-hydroxylation sites is 1. The molecule has 80 valence electrons. The van der Waals surface area contributed by atoms with Gasteiger partial charge in [-0.2, -0.15) is 11.8 Å². The Kier molecular flexibility index (Phi) is 3.37. The zero-order chi connectivity index (χ0) is 10.7. The fourth-order valence-electron chi connectivity index (χ4n) is 2.00. The molecule has 0 fully saturated rings. The van der Waals surface area contributed by atoms with Crippen molar-refractivity contribution >= 4 is 22.7 Å². The van der Waals surface area contributed by atoms with Crippen LogP contribution in [0.5, 0.6) is 0 Å². The number of rotatable bonds is 4. The topological polar surface area (TPSA) is 4.93 Å². The van der Waals surface area contributed by atoms with E-state index in [4.69, 9.17) is 0 Å². The second kappa shape index (κ2) is 4.75. The fraction of sp³-hybridized carbons (Fsp3) is 0.385. The van der Waals surface area contributed by atoms with Gasteiger partial charge in [0.15, 0.2) is 0 Å². The lowest BCUT2D eigenvalue weighted by atomic mass is 10.1. The van der Waals surface area contributed by atoms with Crippen molar-refractivity contribution in [2.45, 2.75) is 19.9 Å². The highest BCUT2D eigenvalue weighted by Gasteiger charge is 2.04. The number of fused-ring (bicyclic) bond motifs is 1. The van der Waals surface area contributed by atoms with E-state index in [1.807, 2.05) is 11.8 Å². The number of benzene rings is 1. The molecule has 0 radical (unpaired) electrons. The number of thioether (sulfide) groups is 1.